The Morgan fingerprint density at radius 1 is 1.33 bits per heavy atom. The second-order valence-electron chi connectivity index (χ2n) is 4.63. The van der Waals surface area contributed by atoms with Gasteiger partial charge < -0.3 is 14.6 Å². The van der Waals surface area contributed by atoms with E-state index in [1.54, 1.807) is 38.4 Å². The SMILES string of the molecule is CN(C)C(=O)c1cccc(NCc2ccc([N+](=O)[O-])o2)c1. The van der Waals surface area contributed by atoms with Gasteiger partial charge in [-0.1, -0.05) is 6.07 Å². The minimum Gasteiger partial charge on any atom is -0.404 e. The Morgan fingerprint density at radius 3 is 2.71 bits per heavy atom. The van der Waals surface area contributed by atoms with Crippen LogP contribution in [0, 0.1) is 10.1 Å². The van der Waals surface area contributed by atoms with Crippen molar-refractivity contribution in [2.45, 2.75) is 6.54 Å². The van der Waals surface area contributed by atoms with Crippen molar-refractivity contribution in [1.29, 1.82) is 0 Å². The first-order valence-electron chi connectivity index (χ1n) is 6.26. The Labute approximate surface area is 121 Å². The minimum absolute atomic E-state index is 0.0905. The molecule has 0 saturated carbocycles. The van der Waals surface area contributed by atoms with Crippen LogP contribution in [0.3, 0.4) is 0 Å². The Balaban J connectivity index is 2.04. The summed E-state index contributed by atoms with van der Waals surface area (Å²) in [5.41, 5.74) is 1.30. The number of amides is 1. The molecule has 0 unspecified atom stereocenters. The first-order chi connectivity index (χ1) is 9.97. The maximum atomic E-state index is 11.9. The summed E-state index contributed by atoms with van der Waals surface area (Å²) in [7, 11) is 3.37. The van der Waals surface area contributed by atoms with Crippen molar-refractivity contribution in [2.75, 3.05) is 19.4 Å². The number of carbonyl (C=O) groups is 1. The first kappa shape index (κ1) is 14.6. The van der Waals surface area contributed by atoms with Gasteiger partial charge in [0, 0.05) is 25.3 Å². The fourth-order valence-corrected chi connectivity index (χ4v) is 1.77. The standard InChI is InChI=1S/C14H15N3O4/c1-16(2)14(18)10-4-3-5-11(8-10)15-9-12-6-7-13(21-12)17(19)20/h3-8,15H,9H2,1-2H3. The number of anilines is 1. The lowest BCUT2D eigenvalue weighted by Crippen LogP contribution is -2.21. The molecule has 0 fully saturated rings. The van der Waals surface area contributed by atoms with E-state index in [1.807, 2.05) is 6.07 Å². The maximum absolute atomic E-state index is 11.9. The molecule has 110 valence electrons. The van der Waals surface area contributed by atoms with Crippen molar-refractivity contribution in [1.82, 2.24) is 4.90 Å². The quantitative estimate of drug-likeness (QED) is 0.674. The van der Waals surface area contributed by atoms with Crippen LogP contribution in [0.1, 0.15) is 16.1 Å². The molecule has 1 aromatic heterocycles. The van der Waals surface area contributed by atoms with E-state index in [0.717, 1.165) is 5.69 Å². The average molecular weight is 289 g/mol. The van der Waals surface area contributed by atoms with Gasteiger partial charge in [-0.2, -0.15) is 0 Å². The van der Waals surface area contributed by atoms with Crippen LogP contribution in [-0.2, 0) is 6.54 Å². The summed E-state index contributed by atoms with van der Waals surface area (Å²) in [6.07, 6.45) is 0. The molecule has 0 radical (unpaired) electrons. The van der Waals surface area contributed by atoms with Crippen LogP contribution < -0.4 is 5.32 Å². The van der Waals surface area contributed by atoms with Gasteiger partial charge in [-0.15, -0.1) is 0 Å². The Hall–Kier alpha value is -2.83. The van der Waals surface area contributed by atoms with E-state index in [1.165, 1.54) is 11.0 Å². The van der Waals surface area contributed by atoms with Gasteiger partial charge in [-0.05, 0) is 24.3 Å². The number of carbonyl (C=O) groups excluding carboxylic acids is 1. The molecule has 0 saturated heterocycles. The highest BCUT2D eigenvalue weighted by Gasteiger charge is 2.12. The third-order valence-electron chi connectivity index (χ3n) is 2.81. The van der Waals surface area contributed by atoms with E-state index < -0.39 is 4.92 Å². The number of furan rings is 1. The Morgan fingerprint density at radius 2 is 2.10 bits per heavy atom. The van der Waals surface area contributed by atoms with Crippen molar-refractivity contribution in [2.24, 2.45) is 0 Å². The minimum atomic E-state index is -0.583. The molecule has 0 bridgehead atoms. The average Bonchev–Trinajstić information content (AvgIpc) is 2.93. The zero-order valence-corrected chi connectivity index (χ0v) is 11.7. The summed E-state index contributed by atoms with van der Waals surface area (Å²) in [5.74, 6) is 0.0710. The molecule has 1 heterocycles. The summed E-state index contributed by atoms with van der Waals surface area (Å²) in [6.45, 7) is 0.299. The second kappa shape index (κ2) is 6.08. The van der Waals surface area contributed by atoms with Crippen LogP contribution in [0.4, 0.5) is 11.6 Å². The predicted octanol–water partition coefficient (Wildman–Crippen LogP) is 2.50. The molecule has 2 aromatic rings. The van der Waals surface area contributed by atoms with Crippen molar-refractivity contribution >= 4 is 17.5 Å². The van der Waals surface area contributed by atoms with Gasteiger partial charge in [-0.3, -0.25) is 14.9 Å². The van der Waals surface area contributed by atoms with Gasteiger partial charge in [0.2, 0.25) is 0 Å². The van der Waals surface area contributed by atoms with Gasteiger partial charge in [0.1, 0.15) is 10.7 Å². The highest BCUT2D eigenvalue weighted by molar-refractivity contribution is 5.94. The molecule has 7 nitrogen and oxygen atoms in total. The lowest BCUT2D eigenvalue weighted by atomic mass is 10.2. The van der Waals surface area contributed by atoms with Crippen molar-refractivity contribution < 1.29 is 14.1 Å². The molecule has 1 aromatic carbocycles. The van der Waals surface area contributed by atoms with Crippen LogP contribution in [0.5, 0.6) is 0 Å². The number of hydrogen-bond acceptors (Lipinski definition) is 5. The third kappa shape index (κ3) is 3.59. The highest BCUT2D eigenvalue weighted by atomic mass is 16.6. The predicted molar refractivity (Wildman–Crippen MR) is 77.1 cm³/mol. The highest BCUT2D eigenvalue weighted by Crippen LogP contribution is 2.18. The largest absolute Gasteiger partial charge is 0.433 e. The maximum Gasteiger partial charge on any atom is 0.433 e. The molecule has 2 rings (SSSR count). The normalized spacial score (nSPS) is 10.2. The number of hydrogen-bond donors (Lipinski definition) is 1. The molecule has 1 amide bonds. The zero-order valence-electron chi connectivity index (χ0n) is 11.7. The van der Waals surface area contributed by atoms with E-state index in [9.17, 15) is 14.9 Å². The summed E-state index contributed by atoms with van der Waals surface area (Å²) in [4.78, 5) is 23.3. The number of rotatable bonds is 5. The molecule has 0 aliphatic heterocycles. The van der Waals surface area contributed by atoms with Gasteiger partial charge in [-0.25, -0.2) is 0 Å². The van der Waals surface area contributed by atoms with Crippen LogP contribution in [0.2, 0.25) is 0 Å². The van der Waals surface area contributed by atoms with Gasteiger partial charge in [0.15, 0.2) is 0 Å². The second-order valence-corrected chi connectivity index (χ2v) is 4.63. The molecule has 21 heavy (non-hydrogen) atoms. The monoisotopic (exact) mass is 289 g/mol. The van der Waals surface area contributed by atoms with E-state index in [-0.39, 0.29) is 11.8 Å². The van der Waals surface area contributed by atoms with Crippen LogP contribution in [0.25, 0.3) is 0 Å². The van der Waals surface area contributed by atoms with Crippen LogP contribution >= 0.6 is 0 Å². The summed E-state index contributed by atoms with van der Waals surface area (Å²) >= 11 is 0. The van der Waals surface area contributed by atoms with E-state index in [4.69, 9.17) is 4.42 Å². The van der Waals surface area contributed by atoms with Crippen molar-refractivity contribution in [3.05, 3.63) is 57.8 Å². The Bertz CT molecular complexity index is 664. The van der Waals surface area contributed by atoms with Crippen molar-refractivity contribution in [3.63, 3.8) is 0 Å². The molecule has 0 aliphatic carbocycles. The number of nitrogens with one attached hydrogen (secondary N) is 1. The first-order valence-corrected chi connectivity index (χ1v) is 6.26. The summed E-state index contributed by atoms with van der Waals surface area (Å²) < 4.78 is 5.05. The smallest absolute Gasteiger partial charge is 0.404 e. The lowest BCUT2D eigenvalue weighted by Gasteiger charge is -2.11. The van der Waals surface area contributed by atoms with E-state index in [2.05, 4.69) is 5.32 Å². The molecular weight excluding hydrogens is 274 g/mol. The molecule has 0 atom stereocenters. The van der Waals surface area contributed by atoms with Gasteiger partial charge in [0.25, 0.3) is 5.91 Å². The van der Waals surface area contributed by atoms with Gasteiger partial charge in [0.05, 0.1) is 12.6 Å². The van der Waals surface area contributed by atoms with Gasteiger partial charge >= 0.3 is 5.88 Å². The third-order valence-corrected chi connectivity index (χ3v) is 2.81. The number of nitrogens with zero attached hydrogens (tertiary/aromatic N) is 2. The van der Waals surface area contributed by atoms with E-state index >= 15 is 0 Å². The number of nitro groups is 1. The van der Waals surface area contributed by atoms with E-state index in [0.29, 0.717) is 17.9 Å². The lowest BCUT2D eigenvalue weighted by molar-refractivity contribution is -0.402. The van der Waals surface area contributed by atoms with Crippen LogP contribution in [0.15, 0.2) is 40.8 Å². The molecule has 0 aliphatic rings. The molecular formula is C14H15N3O4. The summed E-state index contributed by atoms with van der Waals surface area (Å²) in [5, 5.41) is 13.6. The Kier molecular flexibility index (Phi) is 4.22. The summed E-state index contributed by atoms with van der Waals surface area (Å²) in [6, 6.07) is 9.88. The molecule has 1 N–H and O–H groups in total. The molecule has 0 spiro atoms. The van der Waals surface area contributed by atoms with Crippen molar-refractivity contribution in [3.8, 4) is 0 Å². The number of benzene rings is 1. The molecule has 7 heteroatoms. The zero-order chi connectivity index (χ0) is 15.4. The fourth-order valence-electron chi connectivity index (χ4n) is 1.77. The fraction of sp³-hybridized carbons (Fsp3) is 0.214. The van der Waals surface area contributed by atoms with Crippen LogP contribution in [-0.4, -0.2) is 29.8 Å². The topological polar surface area (TPSA) is 88.6 Å².